The zero-order valence-corrected chi connectivity index (χ0v) is 43.6. The van der Waals surface area contributed by atoms with E-state index in [2.05, 4.69) is 43.5 Å². The Morgan fingerprint density at radius 2 is 0.831 bits per heavy atom. The topological polar surface area (TPSA) is 131 Å². The van der Waals surface area contributed by atoms with Crippen molar-refractivity contribution in [3.63, 3.8) is 0 Å². The number of allylic oxidation sites excluding steroid dienone is 4. The highest BCUT2D eigenvalue weighted by molar-refractivity contribution is 7.47. The normalized spacial score (nSPS) is 13.2. The van der Waals surface area contributed by atoms with E-state index in [1.165, 1.54) is 212 Å². The van der Waals surface area contributed by atoms with Gasteiger partial charge >= 0.3 is 13.8 Å². The van der Waals surface area contributed by atoms with Crippen LogP contribution in [0.1, 0.15) is 284 Å². The lowest BCUT2D eigenvalue weighted by atomic mass is 10.0. The quantitative estimate of drug-likeness (QED) is 0.0238. The molecule has 2 unspecified atom stereocenters. The molecule has 0 bridgehead atoms. The van der Waals surface area contributed by atoms with Crippen molar-refractivity contribution in [2.24, 2.45) is 0 Å². The number of phosphoric acid groups is 1. The molecule has 10 heteroatoms. The monoisotopic (exact) mass is 940 g/mol. The smallest absolute Gasteiger partial charge is 0.463 e. The maximum absolute atomic E-state index is 12.2. The van der Waals surface area contributed by atoms with E-state index in [0.717, 1.165) is 44.9 Å². The zero-order valence-electron chi connectivity index (χ0n) is 42.7. The summed E-state index contributed by atoms with van der Waals surface area (Å²) in [6.07, 6.45) is 59.8. The fourth-order valence-corrected chi connectivity index (χ4v) is 8.94. The number of aliphatic hydroxyl groups excluding tert-OH is 1. The third kappa shape index (κ3) is 53.3. The van der Waals surface area contributed by atoms with E-state index in [0.29, 0.717) is 6.42 Å². The molecule has 0 aromatic heterocycles. The summed E-state index contributed by atoms with van der Waals surface area (Å²) in [5, 5.41) is 12.8. The third-order valence-electron chi connectivity index (χ3n) is 12.4. The number of nitrogens with one attached hydrogen (secondary N) is 1. The minimum absolute atomic E-state index is 0.0865. The maximum Gasteiger partial charge on any atom is 0.472 e. The largest absolute Gasteiger partial charge is 0.472 e. The molecule has 0 aliphatic carbocycles. The summed E-state index contributed by atoms with van der Waals surface area (Å²) in [5.74, 6) is -0.503. The first-order valence-corrected chi connectivity index (χ1v) is 29.3. The molecule has 0 aromatic carbocycles. The van der Waals surface area contributed by atoms with Gasteiger partial charge in [0.1, 0.15) is 12.7 Å². The number of hydrogen-bond acceptors (Lipinski definition) is 7. The van der Waals surface area contributed by atoms with Gasteiger partial charge in [0.2, 0.25) is 5.91 Å². The molecule has 384 valence electrons. The van der Waals surface area contributed by atoms with Crippen molar-refractivity contribution in [1.82, 2.24) is 5.32 Å². The highest BCUT2D eigenvalue weighted by Crippen LogP contribution is 2.42. The maximum atomic E-state index is 12.2. The van der Waals surface area contributed by atoms with Gasteiger partial charge < -0.3 is 20.1 Å². The lowest BCUT2D eigenvalue weighted by Crippen LogP contribution is -2.27. The van der Waals surface area contributed by atoms with Gasteiger partial charge in [-0.05, 0) is 44.9 Å². The van der Waals surface area contributed by atoms with Gasteiger partial charge in [0.05, 0.1) is 13.2 Å². The standard InChI is InChI=1S/C55H106NO8P/c1-3-5-7-9-11-13-15-17-19-21-23-25-26-28-30-32-34-36-38-40-42-44-46-48-55(59)62-51-53(57)52-64-65(60,61)63-50-49-56-54(58)47-45-43-41-39-37-35-33-31-29-27-24-22-20-18-16-14-12-10-8-6-4-2/h11,13,17,19,53,57H,3-10,12,14-16,18,20-52H2,1-2H3,(H,56,58)(H,60,61)/b13-11-,19-17-. The Morgan fingerprint density at radius 3 is 1.26 bits per heavy atom. The van der Waals surface area contributed by atoms with Crippen LogP contribution >= 0.6 is 7.82 Å². The molecule has 0 heterocycles. The zero-order chi connectivity index (χ0) is 47.4. The number of amides is 1. The minimum Gasteiger partial charge on any atom is -0.463 e. The fourth-order valence-electron chi connectivity index (χ4n) is 8.18. The average Bonchev–Trinajstić information content (AvgIpc) is 3.29. The molecule has 0 saturated carbocycles. The van der Waals surface area contributed by atoms with Gasteiger partial charge in [-0.2, -0.15) is 0 Å². The number of ether oxygens (including phenoxy) is 1. The Hall–Kier alpha value is -1.51. The number of aliphatic hydroxyl groups is 1. The minimum atomic E-state index is -4.42. The van der Waals surface area contributed by atoms with Crippen molar-refractivity contribution in [3.05, 3.63) is 24.3 Å². The van der Waals surface area contributed by atoms with Crippen LogP contribution in [0.2, 0.25) is 0 Å². The second kappa shape index (κ2) is 51.9. The van der Waals surface area contributed by atoms with Crippen LogP contribution in [0.5, 0.6) is 0 Å². The van der Waals surface area contributed by atoms with Gasteiger partial charge in [-0.15, -0.1) is 0 Å². The van der Waals surface area contributed by atoms with Gasteiger partial charge in [0.15, 0.2) is 0 Å². The van der Waals surface area contributed by atoms with Crippen LogP contribution in [-0.2, 0) is 27.9 Å². The molecule has 0 saturated heterocycles. The lowest BCUT2D eigenvalue weighted by molar-refractivity contribution is -0.147. The molecular weight excluding hydrogens is 834 g/mol. The molecular formula is C55H106NO8P. The molecule has 0 aliphatic heterocycles. The average molecular weight is 940 g/mol. The molecule has 65 heavy (non-hydrogen) atoms. The SMILES string of the molecule is CCCCC/C=C\C/C=C\CCCCCCCCCCCCCCCC(=O)OCC(O)COP(=O)(O)OCCNC(=O)CCCCCCCCCCCCCCCCCCCCCCC. The Balaban J connectivity index is 3.50. The highest BCUT2D eigenvalue weighted by atomic mass is 31.2. The Kier molecular flexibility index (Phi) is 50.7. The Morgan fingerprint density at radius 1 is 0.477 bits per heavy atom. The molecule has 2 atom stereocenters. The van der Waals surface area contributed by atoms with Crippen LogP contribution < -0.4 is 5.32 Å². The van der Waals surface area contributed by atoms with E-state index in [-0.39, 0.29) is 32.1 Å². The summed E-state index contributed by atoms with van der Waals surface area (Å²) >= 11 is 0. The predicted molar refractivity (Wildman–Crippen MR) is 275 cm³/mol. The molecule has 3 N–H and O–H groups in total. The number of carbonyl (C=O) groups excluding carboxylic acids is 2. The van der Waals surface area contributed by atoms with E-state index < -0.39 is 26.5 Å². The van der Waals surface area contributed by atoms with Gasteiger partial charge in [-0.25, -0.2) is 4.57 Å². The number of esters is 1. The molecule has 0 fully saturated rings. The third-order valence-corrected chi connectivity index (χ3v) is 13.4. The number of carbonyl (C=O) groups is 2. The highest BCUT2D eigenvalue weighted by Gasteiger charge is 2.23. The molecule has 0 rings (SSSR count). The predicted octanol–water partition coefficient (Wildman–Crippen LogP) is 16.7. The number of phosphoric ester groups is 1. The van der Waals surface area contributed by atoms with E-state index >= 15 is 0 Å². The summed E-state index contributed by atoms with van der Waals surface area (Å²) < 4.78 is 27.1. The van der Waals surface area contributed by atoms with E-state index in [1.54, 1.807) is 0 Å². The van der Waals surface area contributed by atoms with Gasteiger partial charge in [0, 0.05) is 19.4 Å². The van der Waals surface area contributed by atoms with Gasteiger partial charge in [-0.3, -0.25) is 18.6 Å². The summed E-state index contributed by atoms with van der Waals surface area (Å²) in [6, 6.07) is 0. The number of hydrogen-bond donors (Lipinski definition) is 3. The number of unbranched alkanes of at least 4 members (excludes halogenated alkanes) is 36. The van der Waals surface area contributed by atoms with Crippen LogP contribution in [0.4, 0.5) is 0 Å². The first-order chi connectivity index (χ1) is 31.8. The van der Waals surface area contributed by atoms with Crippen LogP contribution in [0, 0.1) is 0 Å². The van der Waals surface area contributed by atoms with Crippen LogP contribution in [0.15, 0.2) is 24.3 Å². The van der Waals surface area contributed by atoms with Crippen molar-refractivity contribution < 1.29 is 37.9 Å². The summed E-state index contributed by atoms with van der Waals surface area (Å²) in [7, 11) is -4.42. The van der Waals surface area contributed by atoms with Gasteiger partial charge in [-0.1, -0.05) is 250 Å². The molecule has 0 aliphatic rings. The first-order valence-electron chi connectivity index (χ1n) is 27.8. The fraction of sp³-hybridized carbons (Fsp3) is 0.891. The summed E-state index contributed by atoms with van der Waals surface area (Å²) in [5.41, 5.74) is 0. The number of rotatable bonds is 53. The Labute approximate surface area is 401 Å². The lowest BCUT2D eigenvalue weighted by Gasteiger charge is -2.15. The van der Waals surface area contributed by atoms with Crippen molar-refractivity contribution in [1.29, 1.82) is 0 Å². The van der Waals surface area contributed by atoms with Crippen LogP contribution in [0.3, 0.4) is 0 Å². The van der Waals surface area contributed by atoms with E-state index in [4.69, 9.17) is 13.8 Å². The van der Waals surface area contributed by atoms with E-state index in [1.807, 2.05) is 0 Å². The summed E-state index contributed by atoms with van der Waals surface area (Å²) in [6.45, 7) is 3.59. The first kappa shape index (κ1) is 63.5. The summed E-state index contributed by atoms with van der Waals surface area (Å²) in [4.78, 5) is 34.1. The van der Waals surface area contributed by atoms with Crippen molar-refractivity contribution in [3.8, 4) is 0 Å². The molecule has 0 radical (unpaired) electrons. The van der Waals surface area contributed by atoms with Crippen molar-refractivity contribution in [2.75, 3.05) is 26.4 Å². The van der Waals surface area contributed by atoms with Gasteiger partial charge in [0.25, 0.3) is 0 Å². The molecule has 0 aromatic rings. The van der Waals surface area contributed by atoms with Crippen molar-refractivity contribution in [2.45, 2.75) is 290 Å². The second-order valence-corrected chi connectivity index (χ2v) is 20.4. The second-order valence-electron chi connectivity index (χ2n) is 18.9. The Bertz CT molecular complexity index is 1120. The van der Waals surface area contributed by atoms with Crippen LogP contribution in [-0.4, -0.2) is 54.3 Å². The van der Waals surface area contributed by atoms with E-state index in [9.17, 15) is 24.2 Å². The molecule has 9 nitrogen and oxygen atoms in total. The molecule has 1 amide bonds. The van der Waals surface area contributed by atoms with Crippen molar-refractivity contribution >= 4 is 19.7 Å². The van der Waals surface area contributed by atoms with Crippen LogP contribution in [0.25, 0.3) is 0 Å². The molecule has 0 spiro atoms.